The van der Waals surface area contributed by atoms with Gasteiger partial charge in [-0.25, -0.2) is 14.2 Å². The van der Waals surface area contributed by atoms with Crippen LogP contribution in [0.5, 0.6) is 0 Å². The first kappa shape index (κ1) is 19.2. The van der Waals surface area contributed by atoms with Crippen LogP contribution in [-0.2, 0) is 6.42 Å². The van der Waals surface area contributed by atoms with Gasteiger partial charge in [-0.05, 0) is 38.5 Å². The molecule has 8 nitrogen and oxygen atoms in total. The van der Waals surface area contributed by atoms with Crippen LogP contribution >= 0.6 is 0 Å². The van der Waals surface area contributed by atoms with Crippen LogP contribution in [0.25, 0.3) is 22.7 Å². The summed E-state index contributed by atoms with van der Waals surface area (Å²) in [6.45, 7) is 5.98. The number of benzene rings is 1. The van der Waals surface area contributed by atoms with E-state index in [0.29, 0.717) is 17.2 Å². The summed E-state index contributed by atoms with van der Waals surface area (Å²) in [6.07, 6.45) is 4.22. The molecule has 0 fully saturated rings. The van der Waals surface area contributed by atoms with Crippen molar-refractivity contribution in [2.45, 2.75) is 27.2 Å². The van der Waals surface area contributed by atoms with Gasteiger partial charge < -0.3 is 10.7 Å². The number of hydrogen-bond donors (Lipinski definition) is 2. The lowest BCUT2D eigenvalue weighted by Crippen LogP contribution is -2.01. The van der Waals surface area contributed by atoms with E-state index in [1.165, 1.54) is 0 Å². The molecule has 0 aliphatic carbocycles. The first-order valence-electron chi connectivity index (χ1n) is 9.64. The molecule has 30 heavy (non-hydrogen) atoms. The molecule has 1 aromatic carbocycles. The number of fused-ring (bicyclic) bond motifs is 1. The van der Waals surface area contributed by atoms with E-state index in [-0.39, 0.29) is 0 Å². The van der Waals surface area contributed by atoms with Gasteiger partial charge in [0.1, 0.15) is 11.5 Å². The highest BCUT2D eigenvalue weighted by Crippen LogP contribution is 2.26. The largest absolute Gasteiger partial charge is 0.385 e. The fourth-order valence-electron chi connectivity index (χ4n) is 3.48. The summed E-state index contributed by atoms with van der Waals surface area (Å²) >= 11 is 0. The minimum absolute atomic E-state index is 0.437. The molecule has 0 amide bonds. The summed E-state index contributed by atoms with van der Waals surface area (Å²) in [7, 11) is 0. The second kappa shape index (κ2) is 7.72. The van der Waals surface area contributed by atoms with Gasteiger partial charge in [0.25, 0.3) is 0 Å². The van der Waals surface area contributed by atoms with Crippen LogP contribution in [0.1, 0.15) is 29.4 Å². The quantitative estimate of drug-likeness (QED) is 0.547. The molecule has 0 bridgehead atoms. The van der Waals surface area contributed by atoms with Crippen LogP contribution in [0, 0.1) is 25.2 Å². The van der Waals surface area contributed by atoms with Gasteiger partial charge in [-0.2, -0.15) is 15.5 Å². The third-order valence-corrected chi connectivity index (χ3v) is 4.84. The van der Waals surface area contributed by atoms with Gasteiger partial charge in [-0.3, -0.25) is 0 Å². The number of nitrogens with one attached hydrogen (secondary N) is 1. The second-order valence-corrected chi connectivity index (χ2v) is 7.01. The number of rotatable bonds is 3. The van der Waals surface area contributed by atoms with Gasteiger partial charge in [0.05, 0.1) is 23.0 Å². The highest BCUT2D eigenvalue weighted by Gasteiger charge is 2.13. The molecule has 3 aromatic heterocycles. The van der Waals surface area contributed by atoms with Crippen molar-refractivity contribution in [2.24, 2.45) is 0 Å². The molecule has 0 atom stereocenters. The van der Waals surface area contributed by atoms with Crippen molar-refractivity contribution in [1.82, 2.24) is 29.4 Å². The molecule has 0 saturated heterocycles. The van der Waals surface area contributed by atoms with Gasteiger partial charge in [0.2, 0.25) is 0 Å². The van der Waals surface area contributed by atoms with Crippen molar-refractivity contribution in [2.75, 3.05) is 5.73 Å². The highest BCUT2D eigenvalue weighted by atomic mass is 15.3. The third kappa shape index (κ3) is 3.49. The minimum Gasteiger partial charge on any atom is -0.385 e. The third-order valence-electron chi connectivity index (χ3n) is 4.84. The van der Waals surface area contributed by atoms with Crippen LogP contribution in [-0.4, -0.2) is 29.4 Å². The van der Waals surface area contributed by atoms with Gasteiger partial charge in [0, 0.05) is 35.3 Å². The number of nitrogens with zero attached hydrogens (tertiary/aromatic N) is 6. The van der Waals surface area contributed by atoms with Crippen molar-refractivity contribution in [3.05, 3.63) is 71.3 Å². The van der Waals surface area contributed by atoms with E-state index in [2.05, 4.69) is 28.1 Å². The molecule has 3 N–H and O–H groups in total. The number of H-pyrrole nitrogens is 1. The smallest absolute Gasteiger partial charge is 0.157 e. The highest BCUT2D eigenvalue weighted by molar-refractivity contribution is 5.71. The summed E-state index contributed by atoms with van der Waals surface area (Å²) in [5.41, 5.74) is 12.4. The first-order chi connectivity index (χ1) is 14.5. The van der Waals surface area contributed by atoms with Crippen molar-refractivity contribution >= 4 is 11.5 Å². The topological polar surface area (TPSA) is 114 Å². The van der Waals surface area contributed by atoms with E-state index >= 15 is 0 Å². The number of hydrogen-bond acceptors (Lipinski definition) is 5. The molecule has 4 aromatic rings. The van der Waals surface area contributed by atoms with Crippen LogP contribution < -0.4 is 5.73 Å². The molecule has 0 aliphatic heterocycles. The van der Waals surface area contributed by atoms with Crippen molar-refractivity contribution < 1.29 is 0 Å². The maximum Gasteiger partial charge on any atom is 0.157 e. The Labute approximate surface area is 173 Å². The fraction of sp³-hybridized carbons (Fsp3) is 0.182. The Bertz CT molecular complexity index is 1310. The summed E-state index contributed by atoms with van der Waals surface area (Å²) < 4.78 is 3.49. The standard InChI is InChI=1S/C22H22N8/c1-4-18-21(17-7-5-16(13-23)6-8-17)28-29-10-9-25-20(12-19(24)26-22(18)29)30-15(3)11-14(2)27-30/h5-12,26H,4,24H2,1-3H3. The predicted molar refractivity (Wildman–Crippen MR) is 116 cm³/mol. The average Bonchev–Trinajstić information content (AvgIpc) is 3.27. The van der Waals surface area contributed by atoms with E-state index in [4.69, 9.17) is 16.1 Å². The Kier molecular flexibility index (Phi) is 4.94. The lowest BCUT2D eigenvalue weighted by Gasteiger charge is -2.02. The zero-order valence-corrected chi connectivity index (χ0v) is 17.1. The number of nitriles is 1. The summed E-state index contributed by atoms with van der Waals surface area (Å²) in [4.78, 5) is 7.81. The number of aromatic nitrogens is 6. The van der Waals surface area contributed by atoms with Gasteiger partial charge in [0.15, 0.2) is 5.82 Å². The average molecular weight is 398 g/mol. The lowest BCUT2D eigenvalue weighted by atomic mass is 10.0. The number of aromatic amines is 1. The first-order valence-corrected chi connectivity index (χ1v) is 9.64. The number of aryl methyl sites for hydroxylation is 3. The maximum atomic E-state index is 9.05. The van der Waals surface area contributed by atoms with Gasteiger partial charge in [-0.1, -0.05) is 19.1 Å². The van der Waals surface area contributed by atoms with E-state index in [9.17, 15) is 0 Å². The summed E-state index contributed by atoms with van der Waals surface area (Å²) in [6, 6.07) is 13.3. The SMILES string of the molecule is CCc1c(-c2ccc(C#N)cc2)nn2ccnc(-n3nc(C)cc3C)cc(N)[nH]c12. The molecule has 0 spiro atoms. The molecule has 4 rings (SSSR count). The summed E-state index contributed by atoms with van der Waals surface area (Å²) in [5, 5.41) is 18.3. The van der Waals surface area contributed by atoms with E-state index < -0.39 is 0 Å². The zero-order valence-electron chi connectivity index (χ0n) is 17.1. The van der Waals surface area contributed by atoms with E-state index in [0.717, 1.165) is 40.3 Å². The number of anilines is 1. The molecule has 0 saturated carbocycles. The van der Waals surface area contributed by atoms with Crippen LogP contribution in [0.4, 0.5) is 5.82 Å². The second-order valence-electron chi connectivity index (χ2n) is 7.01. The van der Waals surface area contributed by atoms with Gasteiger partial charge in [-0.15, -0.1) is 0 Å². The Morgan fingerprint density at radius 2 is 1.90 bits per heavy atom. The molecule has 0 radical (unpaired) electrons. The van der Waals surface area contributed by atoms with Crippen molar-refractivity contribution in [1.29, 1.82) is 5.26 Å². The van der Waals surface area contributed by atoms with Crippen LogP contribution in [0.15, 0.2) is 48.8 Å². The van der Waals surface area contributed by atoms with Crippen molar-refractivity contribution in [3.8, 4) is 23.1 Å². The fourth-order valence-corrected chi connectivity index (χ4v) is 3.48. The Morgan fingerprint density at radius 1 is 1.13 bits per heavy atom. The molecule has 8 heteroatoms. The molecule has 0 aliphatic rings. The summed E-state index contributed by atoms with van der Waals surface area (Å²) in [5.74, 6) is 1.05. The van der Waals surface area contributed by atoms with E-state index in [1.54, 1.807) is 39.8 Å². The molecule has 0 unspecified atom stereocenters. The monoisotopic (exact) mass is 398 g/mol. The zero-order chi connectivity index (χ0) is 21.3. The lowest BCUT2D eigenvalue weighted by molar-refractivity contribution is 0.807. The molecule has 150 valence electrons. The van der Waals surface area contributed by atoms with E-state index in [1.807, 2.05) is 32.0 Å². The maximum absolute atomic E-state index is 9.05. The normalized spacial score (nSPS) is 10.7. The number of nitrogen functional groups attached to an aromatic ring is 1. The Morgan fingerprint density at radius 3 is 2.53 bits per heavy atom. The van der Waals surface area contributed by atoms with Crippen LogP contribution in [0.3, 0.4) is 0 Å². The van der Waals surface area contributed by atoms with Crippen molar-refractivity contribution in [3.63, 3.8) is 0 Å². The Hall–Kier alpha value is -4.12. The Balaban J connectivity index is 1.92. The molecule has 3 heterocycles. The van der Waals surface area contributed by atoms with Gasteiger partial charge >= 0.3 is 0 Å². The molecular formula is C22H22N8. The molecular weight excluding hydrogens is 376 g/mol. The minimum atomic E-state index is 0.437. The predicted octanol–water partition coefficient (Wildman–Crippen LogP) is 3.67. The van der Waals surface area contributed by atoms with Crippen LogP contribution in [0.2, 0.25) is 0 Å². The number of nitrogens with two attached hydrogens (primary N) is 1.